The van der Waals surface area contributed by atoms with Crippen molar-refractivity contribution in [3.8, 4) is 29.0 Å². The van der Waals surface area contributed by atoms with E-state index in [1.807, 2.05) is 36.4 Å². The Kier molecular flexibility index (Phi) is 6.84. The van der Waals surface area contributed by atoms with Crippen LogP contribution in [0.5, 0.6) is 0 Å². The lowest BCUT2D eigenvalue weighted by molar-refractivity contribution is 0.668. The number of furan rings is 1. The summed E-state index contributed by atoms with van der Waals surface area (Å²) in [5.74, 6) is 0. The highest BCUT2D eigenvalue weighted by Crippen LogP contribution is 2.64. The molecule has 0 N–H and O–H groups in total. The van der Waals surface area contributed by atoms with Gasteiger partial charge in [-0.05, 0) is 104 Å². The zero-order chi connectivity index (χ0) is 42.3. The zero-order valence-corrected chi connectivity index (χ0v) is 34.2. The second-order valence-corrected chi connectivity index (χ2v) is 16.9. The molecular weight excluding hydrogens is 781 g/mol. The fourth-order valence-corrected chi connectivity index (χ4v) is 11.5. The monoisotopic (exact) mass is 812 g/mol. The molecule has 1 aliphatic heterocycles. The molecule has 0 amide bonds. The first kappa shape index (κ1) is 34.8. The van der Waals surface area contributed by atoms with Gasteiger partial charge in [-0.25, -0.2) is 0 Å². The van der Waals surface area contributed by atoms with Crippen molar-refractivity contribution in [2.45, 2.75) is 5.41 Å². The van der Waals surface area contributed by atoms with Crippen LogP contribution < -0.4 is 4.90 Å². The summed E-state index contributed by atoms with van der Waals surface area (Å²) in [5, 5.41) is 29.1. The van der Waals surface area contributed by atoms with Gasteiger partial charge < -0.3 is 13.9 Å². The van der Waals surface area contributed by atoms with Crippen molar-refractivity contribution in [3.05, 3.63) is 228 Å². The quantitative estimate of drug-likeness (QED) is 0.178. The van der Waals surface area contributed by atoms with Gasteiger partial charge in [-0.15, -0.1) is 0 Å². The molecule has 0 saturated heterocycles. The van der Waals surface area contributed by atoms with E-state index < -0.39 is 5.41 Å². The van der Waals surface area contributed by atoms with E-state index in [2.05, 4.69) is 173 Å². The lowest BCUT2D eigenvalue weighted by atomic mass is 9.65. The lowest BCUT2D eigenvalue weighted by Gasteiger charge is -2.40. The van der Waals surface area contributed by atoms with Crippen LogP contribution in [0.1, 0.15) is 33.4 Å². The summed E-state index contributed by atoms with van der Waals surface area (Å²) >= 11 is 0. The number of benzene rings is 10. The Bertz CT molecular complexity index is 4120. The highest BCUT2D eigenvalue weighted by atomic mass is 16.3. The molecule has 10 aromatic carbocycles. The minimum atomic E-state index is -0.725. The first-order valence-electron chi connectivity index (χ1n) is 21.5. The highest BCUT2D eigenvalue weighted by Gasteiger charge is 2.52. The standard InChI is InChI=1S/C59H32N4O/c60-33-35-26-29-38(30-27-35)62(52-25-11-20-45-44-19-9-13-37(34-61)57(44)64-58(45)52)53-32-49-55(42-17-4-3-15-40(42)53)54-39-14-2-1-12-36(39)28-31-47(54)59(49)46-21-6-8-24-51(46)63-50-23-7-5-16-41(50)43-18-10-22-48(59)56(43)63/h1-32H. The number of nitriles is 2. The van der Waals surface area contributed by atoms with E-state index in [0.29, 0.717) is 22.3 Å². The van der Waals surface area contributed by atoms with Crippen LogP contribution in [0, 0.1) is 22.7 Å². The lowest BCUT2D eigenvalue weighted by Crippen LogP contribution is -2.33. The van der Waals surface area contributed by atoms with Crippen molar-refractivity contribution in [2.24, 2.45) is 0 Å². The maximum atomic E-state index is 10.2. The largest absolute Gasteiger partial charge is 0.452 e. The highest BCUT2D eigenvalue weighted by molar-refractivity contribution is 6.19. The van der Waals surface area contributed by atoms with E-state index in [0.717, 1.165) is 38.6 Å². The Morgan fingerprint density at radius 3 is 1.95 bits per heavy atom. The van der Waals surface area contributed by atoms with Crippen molar-refractivity contribution < 1.29 is 4.42 Å². The third-order valence-corrected chi connectivity index (χ3v) is 14.0. The molecule has 0 bridgehead atoms. The van der Waals surface area contributed by atoms with Crippen LogP contribution in [0.3, 0.4) is 0 Å². The number of aromatic nitrogens is 1. The number of rotatable bonds is 3. The normalized spacial score (nSPS) is 14.6. The van der Waals surface area contributed by atoms with Gasteiger partial charge in [-0.2, -0.15) is 10.5 Å². The minimum absolute atomic E-state index is 0.488. The maximum Gasteiger partial charge on any atom is 0.159 e. The molecule has 0 fully saturated rings. The first-order valence-corrected chi connectivity index (χ1v) is 21.5. The predicted octanol–water partition coefficient (Wildman–Crippen LogP) is 14.9. The summed E-state index contributed by atoms with van der Waals surface area (Å²) < 4.78 is 9.31. The second kappa shape index (κ2) is 12.6. The average Bonchev–Trinajstić information content (AvgIpc) is 4.01. The zero-order valence-electron chi connectivity index (χ0n) is 34.2. The molecule has 12 aromatic rings. The Balaban J connectivity index is 1.19. The molecule has 5 nitrogen and oxygen atoms in total. The van der Waals surface area contributed by atoms with Crippen molar-refractivity contribution in [1.82, 2.24) is 4.57 Å². The Morgan fingerprint density at radius 1 is 0.453 bits per heavy atom. The number of anilines is 3. The molecular formula is C59H32N4O. The van der Waals surface area contributed by atoms with Crippen LogP contribution in [-0.4, -0.2) is 4.57 Å². The van der Waals surface area contributed by atoms with Gasteiger partial charge >= 0.3 is 0 Å². The number of nitrogens with zero attached hydrogens (tertiary/aromatic N) is 4. The van der Waals surface area contributed by atoms with Gasteiger partial charge in [0, 0.05) is 32.6 Å². The van der Waals surface area contributed by atoms with E-state index in [1.165, 1.54) is 71.6 Å². The van der Waals surface area contributed by atoms with Crippen molar-refractivity contribution in [3.63, 3.8) is 0 Å². The average molecular weight is 813 g/mol. The Hall–Kier alpha value is -8.90. The van der Waals surface area contributed by atoms with E-state index in [9.17, 15) is 10.5 Å². The van der Waals surface area contributed by atoms with Gasteiger partial charge in [0.1, 0.15) is 6.07 Å². The minimum Gasteiger partial charge on any atom is -0.452 e. The predicted molar refractivity (Wildman–Crippen MR) is 258 cm³/mol. The number of hydrogen-bond donors (Lipinski definition) is 0. The van der Waals surface area contributed by atoms with Gasteiger partial charge in [0.2, 0.25) is 0 Å². The second-order valence-electron chi connectivity index (χ2n) is 16.9. The molecule has 2 aliphatic rings. The number of para-hydroxylation sites is 5. The Morgan fingerprint density at radius 2 is 1.11 bits per heavy atom. The molecule has 64 heavy (non-hydrogen) atoms. The molecule has 1 spiro atoms. The molecule has 3 heterocycles. The van der Waals surface area contributed by atoms with E-state index in [-0.39, 0.29) is 0 Å². The van der Waals surface area contributed by atoms with Gasteiger partial charge in [0.25, 0.3) is 0 Å². The molecule has 294 valence electrons. The van der Waals surface area contributed by atoms with E-state index in [4.69, 9.17) is 4.42 Å². The first-order chi connectivity index (χ1) is 31.7. The van der Waals surface area contributed by atoms with Gasteiger partial charge in [-0.3, -0.25) is 0 Å². The summed E-state index contributed by atoms with van der Waals surface area (Å²) in [5.41, 5.74) is 15.2. The Labute approximate surface area is 367 Å². The smallest absolute Gasteiger partial charge is 0.159 e. The molecule has 0 radical (unpaired) electrons. The summed E-state index contributed by atoms with van der Waals surface area (Å²) in [4.78, 5) is 2.29. The van der Waals surface area contributed by atoms with Crippen LogP contribution in [0.2, 0.25) is 0 Å². The maximum absolute atomic E-state index is 10.2. The molecule has 5 heteroatoms. The number of hydrogen-bond acceptors (Lipinski definition) is 4. The van der Waals surface area contributed by atoms with Crippen molar-refractivity contribution >= 4 is 82.4 Å². The molecule has 1 atom stereocenters. The molecule has 0 saturated carbocycles. The van der Waals surface area contributed by atoms with E-state index >= 15 is 0 Å². The van der Waals surface area contributed by atoms with Gasteiger partial charge in [-0.1, -0.05) is 140 Å². The third-order valence-electron chi connectivity index (χ3n) is 14.0. The van der Waals surface area contributed by atoms with Crippen LogP contribution in [0.15, 0.2) is 199 Å². The fraction of sp³-hybridized carbons (Fsp3) is 0.0169. The van der Waals surface area contributed by atoms with Crippen LogP contribution in [0.25, 0.3) is 82.1 Å². The fourth-order valence-electron chi connectivity index (χ4n) is 11.5. The SMILES string of the molecule is N#Cc1ccc(N(c2cc3c(c4ccccc24)-c2c(ccc4ccccc24)C32c3ccccc3-n3c4ccccc4c4cccc2c43)c2cccc3c2oc2c(C#N)cccc23)cc1. The molecule has 1 aliphatic carbocycles. The van der Waals surface area contributed by atoms with Crippen LogP contribution in [-0.2, 0) is 5.41 Å². The number of fused-ring (bicyclic) bond motifs is 19. The summed E-state index contributed by atoms with van der Waals surface area (Å²) in [6.45, 7) is 0. The molecule has 14 rings (SSSR count). The van der Waals surface area contributed by atoms with Crippen molar-refractivity contribution in [1.29, 1.82) is 10.5 Å². The topological polar surface area (TPSA) is 68.9 Å². The third kappa shape index (κ3) is 4.25. The summed E-state index contributed by atoms with van der Waals surface area (Å²) in [6.07, 6.45) is 0. The van der Waals surface area contributed by atoms with Crippen molar-refractivity contribution in [2.75, 3.05) is 4.90 Å². The van der Waals surface area contributed by atoms with Crippen LogP contribution >= 0.6 is 0 Å². The van der Waals surface area contributed by atoms with Gasteiger partial charge in [0.05, 0.1) is 50.7 Å². The summed E-state index contributed by atoms with van der Waals surface area (Å²) in [7, 11) is 0. The van der Waals surface area contributed by atoms with Crippen LogP contribution in [0.4, 0.5) is 17.1 Å². The molecule has 2 aromatic heterocycles. The molecule has 1 unspecified atom stereocenters. The van der Waals surface area contributed by atoms with E-state index in [1.54, 1.807) is 6.07 Å². The van der Waals surface area contributed by atoms with Gasteiger partial charge in [0.15, 0.2) is 11.2 Å². The summed E-state index contributed by atoms with van der Waals surface area (Å²) in [6, 6.07) is 73.9.